The molecule has 0 saturated heterocycles. The highest BCUT2D eigenvalue weighted by atomic mass is 16.5. The molecule has 0 aliphatic rings. The van der Waals surface area contributed by atoms with Gasteiger partial charge in [-0.25, -0.2) is 4.79 Å². The molecule has 76 valence electrons. The van der Waals surface area contributed by atoms with Crippen LogP contribution >= 0.6 is 0 Å². The number of nitrogens with zero attached hydrogens (tertiary/aromatic N) is 1. The quantitative estimate of drug-likeness (QED) is 0.784. The number of aliphatic carboxylic acids is 1. The van der Waals surface area contributed by atoms with Crippen LogP contribution in [0.1, 0.15) is 0 Å². The van der Waals surface area contributed by atoms with Gasteiger partial charge in [0.2, 0.25) is 0 Å². The Morgan fingerprint density at radius 2 is 2.21 bits per heavy atom. The molecule has 0 saturated carbocycles. The van der Waals surface area contributed by atoms with Crippen molar-refractivity contribution in [3.05, 3.63) is 24.3 Å². The molecule has 0 aromatic heterocycles. The lowest BCUT2D eigenvalue weighted by Crippen LogP contribution is -2.11. The van der Waals surface area contributed by atoms with Crippen molar-refractivity contribution in [3.8, 4) is 5.75 Å². The summed E-state index contributed by atoms with van der Waals surface area (Å²) >= 11 is 0. The van der Waals surface area contributed by atoms with E-state index in [0.717, 1.165) is 5.69 Å². The van der Waals surface area contributed by atoms with Crippen LogP contribution in [-0.2, 0) is 4.79 Å². The second-order valence-electron chi connectivity index (χ2n) is 3.07. The molecule has 1 aromatic rings. The summed E-state index contributed by atoms with van der Waals surface area (Å²) in [7, 11) is 3.83. The number of benzene rings is 1. The summed E-state index contributed by atoms with van der Waals surface area (Å²) in [5.74, 6) is -0.404. The fraction of sp³-hybridized carbons (Fsp3) is 0.300. The van der Waals surface area contributed by atoms with E-state index in [4.69, 9.17) is 9.84 Å². The van der Waals surface area contributed by atoms with E-state index in [1.165, 1.54) is 0 Å². The molecule has 0 unspecified atom stereocenters. The van der Waals surface area contributed by atoms with Crippen molar-refractivity contribution in [1.29, 1.82) is 0 Å². The number of hydrogen-bond donors (Lipinski definition) is 1. The van der Waals surface area contributed by atoms with Crippen LogP contribution in [0.2, 0.25) is 0 Å². The van der Waals surface area contributed by atoms with Gasteiger partial charge in [-0.05, 0) is 12.1 Å². The first kappa shape index (κ1) is 10.4. The third kappa shape index (κ3) is 2.97. The highest BCUT2D eigenvalue weighted by Crippen LogP contribution is 2.18. The predicted octanol–water partition coefficient (Wildman–Crippen LogP) is 1.22. The average Bonchev–Trinajstić information content (AvgIpc) is 2.15. The molecule has 0 amide bonds. The Hall–Kier alpha value is -1.71. The third-order valence-electron chi connectivity index (χ3n) is 1.70. The molecular weight excluding hydrogens is 182 g/mol. The second-order valence-corrected chi connectivity index (χ2v) is 3.07. The van der Waals surface area contributed by atoms with Crippen LogP contribution in [0.4, 0.5) is 5.69 Å². The number of carboxylic acids is 1. The number of anilines is 1. The molecule has 0 bridgehead atoms. The van der Waals surface area contributed by atoms with Crippen molar-refractivity contribution in [2.75, 3.05) is 25.6 Å². The van der Waals surface area contributed by atoms with Crippen LogP contribution in [0.15, 0.2) is 24.3 Å². The maximum absolute atomic E-state index is 10.3. The Morgan fingerprint density at radius 3 is 2.79 bits per heavy atom. The summed E-state index contributed by atoms with van der Waals surface area (Å²) in [6.07, 6.45) is 0. The minimum atomic E-state index is -0.972. The highest BCUT2D eigenvalue weighted by molar-refractivity contribution is 5.68. The van der Waals surface area contributed by atoms with Crippen molar-refractivity contribution in [2.24, 2.45) is 0 Å². The zero-order valence-electron chi connectivity index (χ0n) is 8.23. The molecule has 0 fully saturated rings. The van der Waals surface area contributed by atoms with E-state index in [2.05, 4.69) is 0 Å². The lowest BCUT2D eigenvalue weighted by atomic mass is 10.3. The smallest absolute Gasteiger partial charge is 0.341 e. The van der Waals surface area contributed by atoms with E-state index in [-0.39, 0.29) is 6.61 Å². The molecular formula is C10H13NO3. The van der Waals surface area contributed by atoms with Crippen molar-refractivity contribution in [2.45, 2.75) is 0 Å². The summed E-state index contributed by atoms with van der Waals surface area (Å²) in [5.41, 5.74) is 0.980. The Bertz CT molecular complexity index is 323. The van der Waals surface area contributed by atoms with Crippen LogP contribution in [0.25, 0.3) is 0 Å². The Labute approximate surface area is 82.7 Å². The monoisotopic (exact) mass is 195 g/mol. The first-order valence-electron chi connectivity index (χ1n) is 4.21. The number of carboxylic acid groups (broad SMARTS) is 1. The fourth-order valence-electron chi connectivity index (χ4n) is 0.997. The highest BCUT2D eigenvalue weighted by Gasteiger charge is 2.00. The largest absolute Gasteiger partial charge is 0.482 e. The summed E-state index contributed by atoms with van der Waals surface area (Å²) in [6, 6.07) is 7.28. The first-order valence-corrected chi connectivity index (χ1v) is 4.21. The van der Waals surface area contributed by atoms with Crippen molar-refractivity contribution in [1.82, 2.24) is 0 Å². The molecule has 0 heterocycles. The first-order chi connectivity index (χ1) is 6.59. The molecule has 4 nitrogen and oxygen atoms in total. The number of hydrogen-bond acceptors (Lipinski definition) is 3. The van der Waals surface area contributed by atoms with E-state index in [9.17, 15) is 4.79 Å². The summed E-state index contributed by atoms with van der Waals surface area (Å²) in [4.78, 5) is 12.2. The molecule has 1 rings (SSSR count). The van der Waals surface area contributed by atoms with Gasteiger partial charge in [0, 0.05) is 25.8 Å². The van der Waals surface area contributed by atoms with Gasteiger partial charge in [-0.15, -0.1) is 0 Å². The zero-order valence-corrected chi connectivity index (χ0v) is 8.23. The molecule has 0 atom stereocenters. The van der Waals surface area contributed by atoms with Gasteiger partial charge in [-0.1, -0.05) is 6.07 Å². The van der Waals surface area contributed by atoms with Gasteiger partial charge in [-0.3, -0.25) is 0 Å². The molecule has 0 spiro atoms. The van der Waals surface area contributed by atoms with Crippen LogP contribution in [-0.4, -0.2) is 31.8 Å². The van der Waals surface area contributed by atoms with E-state index >= 15 is 0 Å². The lowest BCUT2D eigenvalue weighted by Gasteiger charge is -2.13. The predicted molar refractivity (Wildman–Crippen MR) is 53.9 cm³/mol. The molecule has 14 heavy (non-hydrogen) atoms. The van der Waals surface area contributed by atoms with E-state index in [1.807, 2.05) is 31.1 Å². The van der Waals surface area contributed by atoms with Crippen LogP contribution < -0.4 is 9.64 Å². The SMILES string of the molecule is CN(C)c1cccc(OCC(=O)O)c1. The topological polar surface area (TPSA) is 49.8 Å². The lowest BCUT2D eigenvalue weighted by molar-refractivity contribution is -0.139. The minimum Gasteiger partial charge on any atom is -0.482 e. The normalized spacial score (nSPS) is 9.57. The van der Waals surface area contributed by atoms with Crippen LogP contribution in [0.5, 0.6) is 5.75 Å². The van der Waals surface area contributed by atoms with Crippen LogP contribution in [0.3, 0.4) is 0 Å². The maximum atomic E-state index is 10.3. The van der Waals surface area contributed by atoms with Crippen molar-refractivity contribution in [3.63, 3.8) is 0 Å². The standard InChI is InChI=1S/C10H13NO3/c1-11(2)8-4-3-5-9(6-8)14-7-10(12)13/h3-6H,7H2,1-2H3,(H,12,13). The number of ether oxygens (including phenoxy) is 1. The van der Waals surface area contributed by atoms with Gasteiger partial charge >= 0.3 is 5.97 Å². The molecule has 1 aromatic carbocycles. The van der Waals surface area contributed by atoms with Gasteiger partial charge < -0.3 is 14.7 Å². The van der Waals surface area contributed by atoms with Crippen molar-refractivity contribution < 1.29 is 14.6 Å². The van der Waals surface area contributed by atoms with E-state index in [0.29, 0.717) is 5.75 Å². The summed E-state index contributed by atoms with van der Waals surface area (Å²) < 4.78 is 5.03. The Morgan fingerprint density at radius 1 is 1.50 bits per heavy atom. The molecule has 4 heteroatoms. The van der Waals surface area contributed by atoms with Gasteiger partial charge in [0.15, 0.2) is 6.61 Å². The van der Waals surface area contributed by atoms with Gasteiger partial charge in [-0.2, -0.15) is 0 Å². The summed E-state index contributed by atoms with van der Waals surface area (Å²) in [6.45, 7) is -0.309. The average molecular weight is 195 g/mol. The Balaban J connectivity index is 2.68. The number of carbonyl (C=O) groups is 1. The molecule has 1 N–H and O–H groups in total. The molecule has 0 aliphatic heterocycles. The van der Waals surface area contributed by atoms with E-state index in [1.54, 1.807) is 12.1 Å². The molecule has 0 radical (unpaired) electrons. The van der Waals surface area contributed by atoms with Crippen LogP contribution in [0, 0.1) is 0 Å². The van der Waals surface area contributed by atoms with Gasteiger partial charge in [0.05, 0.1) is 0 Å². The van der Waals surface area contributed by atoms with Gasteiger partial charge in [0.25, 0.3) is 0 Å². The molecule has 0 aliphatic carbocycles. The number of rotatable bonds is 4. The minimum absolute atomic E-state index is 0.309. The maximum Gasteiger partial charge on any atom is 0.341 e. The summed E-state index contributed by atoms with van der Waals surface area (Å²) in [5, 5.41) is 8.42. The van der Waals surface area contributed by atoms with Crippen molar-refractivity contribution >= 4 is 11.7 Å². The zero-order chi connectivity index (χ0) is 10.6. The van der Waals surface area contributed by atoms with Gasteiger partial charge in [0.1, 0.15) is 5.75 Å². The van der Waals surface area contributed by atoms with E-state index < -0.39 is 5.97 Å². The third-order valence-corrected chi connectivity index (χ3v) is 1.70. The second kappa shape index (κ2) is 4.50. The Kier molecular flexibility index (Phi) is 3.34. The fourth-order valence-corrected chi connectivity index (χ4v) is 0.997.